The van der Waals surface area contributed by atoms with E-state index in [-0.39, 0.29) is 5.41 Å². The summed E-state index contributed by atoms with van der Waals surface area (Å²) in [5.41, 5.74) is 12.7. The lowest BCUT2D eigenvalue weighted by Gasteiger charge is -2.31. The summed E-state index contributed by atoms with van der Waals surface area (Å²) < 4.78 is 6.99. The highest BCUT2D eigenvalue weighted by atomic mass is 16.3. The number of anilines is 3. The molecule has 0 spiro atoms. The van der Waals surface area contributed by atoms with Crippen molar-refractivity contribution < 1.29 is 4.42 Å². The third kappa shape index (κ3) is 4.33. The molecule has 250 valence electrons. The fourth-order valence-corrected chi connectivity index (χ4v) is 9.13. The zero-order chi connectivity index (χ0) is 35.3. The summed E-state index contributed by atoms with van der Waals surface area (Å²) >= 11 is 0. The molecule has 11 rings (SSSR count). The number of hydrogen-bond donors (Lipinski definition) is 0. The molecule has 0 N–H and O–H groups in total. The highest BCUT2D eigenvalue weighted by Crippen LogP contribution is 2.53. The third-order valence-corrected chi connectivity index (χ3v) is 11.6. The van der Waals surface area contributed by atoms with Crippen LogP contribution in [0.25, 0.3) is 76.5 Å². The SMILES string of the molecule is CC1(C)c2ccccc2-c2ccc(N(c3c4ccccc4cc4ccccc34)c3cccc4ccc5c(oc6cccc(-c7ccccc7)c65)c34)cc21. The first-order chi connectivity index (χ1) is 26.1. The van der Waals surface area contributed by atoms with Crippen molar-refractivity contribution in [3.63, 3.8) is 0 Å². The minimum Gasteiger partial charge on any atom is -0.455 e. The van der Waals surface area contributed by atoms with Gasteiger partial charge in [-0.15, -0.1) is 0 Å². The van der Waals surface area contributed by atoms with Gasteiger partial charge in [-0.05, 0) is 85.9 Å². The molecule has 10 aromatic rings. The second kappa shape index (κ2) is 11.2. The zero-order valence-corrected chi connectivity index (χ0v) is 29.6. The Labute approximate surface area is 308 Å². The van der Waals surface area contributed by atoms with Crippen LogP contribution < -0.4 is 4.90 Å². The van der Waals surface area contributed by atoms with Gasteiger partial charge in [0.2, 0.25) is 0 Å². The molecule has 1 aliphatic carbocycles. The molecule has 2 heteroatoms. The summed E-state index contributed by atoms with van der Waals surface area (Å²) in [4.78, 5) is 2.51. The lowest BCUT2D eigenvalue weighted by atomic mass is 9.82. The van der Waals surface area contributed by atoms with Crippen molar-refractivity contribution in [2.24, 2.45) is 0 Å². The maximum absolute atomic E-state index is 6.99. The largest absolute Gasteiger partial charge is 0.455 e. The van der Waals surface area contributed by atoms with E-state index in [1.807, 2.05) is 0 Å². The molecule has 0 bridgehead atoms. The van der Waals surface area contributed by atoms with E-state index >= 15 is 0 Å². The van der Waals surface area contributed by atoms with Gasteiger partial charge in [-0.1, -0.05) is 153 Å². The average Bonchev–Trinajstić information content (AvgIpc) is 3.70. The summed E-state index contributed by atoms with van der Waals surface area (Å²) in [5.74, 6) is 0. The van der Waals surface area contributed by atoms with E-state index in [0.717, 1.165) is 49.8 Å². The fraction of sp³-hybridized carbons (Fsp3) is 0.0588. The van der Waals surface area contributed by atoms with Crippen molar-refractivity contribution in [3.8, 4) is 22.3 Å². The molecule has 9 aromatic carbocycles. The standard InChI is InChI=1S/C51H35NO/c1-51(2)43-23-11-10-21-40(43)41-29-27-36(31-44(41)51)52(49-38-19-8-6-16-34(38)30-35-17-7-9-20-39(35)49)45-24-12-18-33-26-28-42-48-37(32-14-4-3-5-15-32)22-13-25-46(48)53-50(42)47(33)45/h3-31H,1-2H3. The van der Waals surface area contributed by atoms with Gasteiger partial charge in [0.15, 0.2) is 0 Å². The molecule has 1 aromatic heterocycles. The van der Waals surface area contributed by atoms with Crippen LogP contribution in [0.4, 0.5) is 17.1 Å². The fourth-order valence-electron chi connectivity index (χ4n) is 9.13. The molecule has 1 heterocycles. The molecule has 0 radical (unpaired) electrons. The van der Waals surface area contributed by atoms with Crippen molar-refractivity contribution in [3.05, 3.63) is 187 Å². The van der Waals surface area contributed by atoms with E-state index in [9.17, 15) is 0 Å². The Morgan fingerprint density at radius 2 is 1.11 bits per heavy atom. The van der Waals surface area contributed by atoms with Crippen LogP contribution in [0.5, 0.6) is 0 Å². The minimum atomic E-state index is -0.146. The molecule has 53 heavy (non-hydrogen) atoms. The Balaban J connectivity index is 1.27. The van der Waals surface area contributed by atoms with Crippen LogP contribution in [-0.4, -0.2) is 0 Å². The number of rotatable bonds is 4. The Morgan fingerprint density at radius 1 is 0.453 bits per heavy atom. The summed E-state index contributed by atoms with van der Waals surface area (Å²) in [6.07, 6.45) is 0. The van der Waals surface area contributed by atoms with Crippen LogP contribution >= 0.6 is 0 Å². The number of benzene rings is 9. The predicted octanol–water partition coefficient (Wildman–Crippen LogP) is 14.5. The predicted molar refractivity (Wildman–Crippen MR) is 224 cm³/mol. The molecule has 2 nitrogen and oxygen atoms in total. The highest BCUT2D eigenvalue weighted by Gasteiger charge is 2.36. The number of furan rings is 1. The van der Waals surface area contributed by atoms with Gasteiger partial charge in [0.25, 0.3) is 0 Å². The van der Waals surface area contributed by atoms with E-state index in [0.29, 0.717) is 0 Å². The Kier molecular flexibility index (Phi) is 6.33. The molecular weight excluding hydrogens is 643 g/mol. The van der Waals surface area contributed by atoms with Gasteiger partial charge in [0.05, 0.1) is 11.4 Å². The molecule has 0 aliphatic heterocycles. The maximum Gasteiger partial charge on any atom is 0.145 e. The normalized spacial score (nSPS) is 13.2. The quantitative estimate of drug-likeness (QED) is 0.172. The van der Waals surface area contributed by atoms with Crippen molar-refractivity contribution >= 4 is 71.3 Å². The van der Waals surface area contributed by atoms with Gasteiger partial charge in [-0.25, -0.2) is 0 Å². The van der Waals surface area contributed by atoms with Crippen molar-refractivity contribution in [1.29, 1.82) is 0 Å². The van der Waals surface area contributed by atoms with E-state index in [1.54, 1.807) is 0 Å². The van der Waals surface area contributed by atoms with Crippen LogP contribution in [0.1, 0.15) is 25.0 Å². The molecule has 0 atom stereocenters. The van der Waals surface area contributed by atoms with Crippen LogP contribution in [0.3, 0.4) is 0 Å². The first-order valence-electron chi connectivity index (χ1n) is 18.4. The Bertz CT molecular complexity index is 3040. The summed E-state index contributed by atoms with van der Waals surface area (Å²) in [6, 6.07) is 64.2. The zero-order valence-electron chi connectivity index (χ0n) is 29.6. The smallest absolute Gasteiger partial charge is 0.145 e. The summed E-state index contributed by atoms with van der Waals surface area (Å²) in [6.45, 7) is 4.72. The van der Waals surface area contributed by atoms with Gasteiger partial charge in [-0.3, -0.25) is 0 Å². The lowest BCUT2D eigenvalue weighted by Crippen LogP contribution is -2.17. The first-order valence-corrected chi connectivity index (χ1v) is 18.4. The molecule has 0 saturated carbocycles. The van der Waals surface area contributed by atoms with Gasteiger partial charge < -0.3 is 9.32 Å². The van der Waals surface area contributed by atoms with E-state index in [2.05, 4.69) is 195 Å². The second-order valence-electron chi connectivity index (χ2n) is 14.9. The minimum absolute atomic E-state index is 0.146. The topological polar surface area (TPSA) is 16.4 Å². The molecule has 0 fully saturated rings. The monoisotopic (exact) mass is 677 g/mol. The molecule has 1 aliphatic rings. The third-order valence-electron chi connectivity index (χ3n) is 11.6. The lowest BCUT2D eigenvalue weighted by molar-refractivity contribution is 0.660. The Hall–Kier alpha value is -6.64. The van der Waals surface area contributed by atoms with Gasteiger partial charge in [0.1, 0.15) is 11.2 Å². The summed E-state index contributed by atoms with van der Waals surface area (Å²) in [7, 11) is 0. The van der Waals surface area contributed by atoms with E-state index in [1.165, 1.54) is 54.9 Å². The first kappa shape index (κ1) is 30.0. The molecule has 0 unspecified atom stereocenters. The molecular formula is C51H35NO. The van der Waals surface area contributed by atoms with Gasteiger partial charge in [-0.2, -0.15) is 0 Å². The average molecular weight is 678 g/mol. The Morgan fingerprint density at radius 3 is 1.92 bits per heavy atom. The summed E-state index contributed by atoms with van der Waals surface area (Å²) in [5, 5.41) is 9.32. The van der Waals surface area contributed by atoms with Crippen molar-refractivity contribution in [2.45, 2.75) is 19.3 Å². The van der Waals surface area contributed by atoms with E-state index in [4.69, 9.17) is 4.42 Å². The number of hydrogen-bond acceptors (Lipinski definition) is 2. The van der Waals surface area contributed by atoms with Crippen LogP contribution in [0, 0.1) is 0 Å². The molecule has 0 amide bonds. The van der Waals surface area contributed by atoms with E-state index < -0.39 is 0 Å². The van der Waals surface area contributed by atoms with Gasteiger partial charge in [0, 0.05) is 38.0 Å². The van der Waals surface area contributed by atoms with Crippen molar-refractivity contribution in [1.82, 2.24) is 0 Å². The molecule has 0 saturated heterocycles. The highest BCUT2D eigenvalue weighted by molar-refractivity contribution is 6.24. The number of nitrogens with zero attached hydrogens (tertiary/aromatic N) is 1. The van der Waals surface area contributed by atoms with Crippen LogP contribution in [0.15, 0.2) is 180 Å². The number of fused-ring (bicyclic) bond motifs is 10. The maximum atomic E-state index is 6.99. The van der Waals surface area contributed by atoms with Gasteiger partial charge >= 0.3 is 0 Å². The van der Waals surface area contributed by atoms with Crippen LogP contribution in [0.2, 0.25) is 0 Å². The van der Waals surface area contributed by atoms with Crippen LogP contribution in [-0.2, 0) is 5.41 Å². The second-order valence-corrected chi connectivity index (χ2v) is 14.9. The van der Waals surface area contributed by atoms with Crippen molar-refractivity contribution in [2.75, 3.05) is 4.90 Å².